The van der Waals surface area contributed by atoms with Crippen molar-refractivity contribution in [2.24, 2.45) is 0 Å². The van der Waals surface area contributed by atoms with E-state index in [1.807, 2.05) is 18.3 Å². The van der Waals surface area contributed by atoms with Crippen LogP contribution in [0.1, 0.15) is 0 Å². The van der Waals surface area contributed by atoms with E-state index >= 15 is 0 Å². The Morgan fingerprint density at radius 1 is 1.05 bits per heavy atom. The molecule has 0 spiro atoms. The van der Waals surface area contributed by atoms with Crippen LogP contribution in [0.25, 0.3) is 16.9 Å². The lowest BCUT2D eigenvalue weighted by Gasteiger charge is -2.29. The molecule has 21 heavy (non-hydrogen) atoms. The molecule has 0 aromatic carbocycles. The Hall–Kier alpha value is -2.40. The third kappa shape index (κ3) is 2.25. The molecule has 0 atom stereocenters. The number of fused-ring (bicyclic) bond motifs is 1. The van der Waals surface area contributed by atoms with E-state index in [-0.39, 0.29) is 0 Å². The zero-order valence-electron chi connectivity index (χ0n) is 11.7. The van der Waals surface area contributed by atoms with Crippen molar-refractivity contribution in [3.63, 3.8) is 0 Å². The standard InChI is InChI=1S/C16H17N5/c1-4-17-5-2-13(1)16-19-12-15-11-14(3-8-21(15)16)20-9-6-18-7-10-20/h1-5,8,11-12,18H,6-7,9-10H2. The van der Waals surface area contributed by atoms with Gasteiger partial charge in [0.1, 0.15) is 5.82 Å². The van der Waals surface area contributed by atoms with Gasteiger partial charge in [0.2, 0.25) is 0 Å². The molecule has 0 aliphatic carbocycles. The fourth-order valence-electron chi connectivity index (χ4n) is 2.82. The first-order valence-electron chi connectivity index (χ1n) is 7.25. The second kappa shape index (κ2) is 5.18. The minimum Gasteiger partial charge on any atom is -0.369 e. The summed E-state index contributed by atoms with van der Waals surface area (Å²) in [6, 6.07) is 8.35. The quantitative estimate of drug-likeness (QED) is 0.777. The van der Waals surface area contributed by atoms with Crippen molar-refractivity contribution in [1.29, 1.82) is 0 Å². The van der Waals surface area contributed by atoms with Crippen LogP contribution in [0.3, 0.4) is 0 Å². The molecule has 3 aromatic heterocycles. The van der Waals surface area contributed by atoms with Crippen LogP contribution in [0.2, 0.25) is 0 Å². The molecule has 1 fully saturated rings. The number of nitrogens with one attached hydrogen (secondary N) is 1. The van der Waals surface area contributed by atoms with Crippen molar-refractivity contribution in [3.8, 4) is 11.4 Å². The summed E-state index contributed by atoms with van der Waals surface area (Å²) >= 11 is 0. The Morgan fingerprint density at radius 2 is 1.86 bits per heavy atom. The highest BCUT2D eigenvalue weighted by molar-refractivity contribution is 5.66. The first kappa shape index (κ1) is 12.3. The lowest BCUT2D eigenvalue weighted by molar-refractivity contribution is 0.589. The maximum absolute atomic E-state index is 4.56. The SMILES string of the molecule is c1cc(-c2ncc3cc(N4CCNCC4)ccn23)ccn1. The first-order chi connectivity index (χ1) is 10.4. The molecule has 0 bridgehead atoms. The monoisotopic (exact) mass is 279 g/mol. The van der Waals surface area contributed by atoms with E-state index < -0.39 is 0 Å². The van der Waals surface area contributed by atoms with Crippen molar-refractivity contribution in [2.75, 3.05) is 31.1 Å². The van der Waals surface area contributed by atoms with Gasteiger partial charge in [-0.3, -0.25) is 9.38 Å². The van der Waals surface area contributed by atoms with Crippen LogP contribution in [0.4, 0.5) is 5.69 Å². The van der Waals surface area contributed by atoms with Crippen molar-refractivity contribution < 1.29 is 0 Å². The third-order valence-electron chi connectivity index (χ3n) is 3.94. The third-order valence-corrected chi connectivity index (χ3v) is 3.94. The Morgan fingerprint density at radius 3 is 2.67 bits per heavy atom. The van der Waals surface area contributed by atoms with Crippen LogP contribution in [-0.4, -0.2) is 40.5 Å². The Kier molecular flexibility index (Phi) is 3.05. The van der Waals surface area contributed by atoms with Gasteiger partial charge in [-0.25, -0.2) is 4.98 Å². The molecule has 4 rings (SSSR count). The summed E-state index contributed by atoms with van der Waals surface area (Å²) in [5.74, 6) is 0.958. The molecule has 1 N–H and O–H groups in total. The number of anilines is 1. The Bertz CT molecular complexity index is 744. The minimum atomic E-state index is 0.958. The summed E-state index contributed by atoms with van der Waals surface area (Å²) < 4.78 is 2.13. The average molecular weight is 279 g/mol. The highest BCUT2D eigenvalue weighted by Gasteiger charge is 2.12. The number of imidazole rings is 1. The molecular weight excluding hydrogens is 262 g/mol. The van der Waals surface area contributed by atoms with Gasteiger partial charge < -0.3 is 10.2 Å². The zero-order valence-corrected chi connectivity index (χ0v) is 11.7. The average Bonchev–Trinajstić information content (AvgIpc) is 2.99. The van der Waals surface area contributed by atoms with Gasteiger partial charge in [-0.1, -0.05) is 0 Å². The van der Waals surface area contributed by atoms with Gasteiger partial charge in [0.05, 0.1) is 11.7 Å². The topological polar surface area (TPSA) is 45.5 Å². The Labute approximate surface area is 123 Å². The van der Waals surface area contributed by atoms with E-state index in [0.29, 0.717) is 0 Å². The van der Waals surface area contributed by atoms with Gasteiger partial charge in [-0.15, -0.1) is 0 Å². The first-order valence-corrected chi connectivity index (χ1v) is 7.25. The van der Waals surface area contributed by atoms with Crippen LogP contribution in [0, 0.1) is 0 Å². The lowest BCUT2D eigenvalue weighted by Crippen LogP contribution is -2.43. The number of hydrogen-bond acceptors (Lipinski definition) is 4. The van der Waals surface area contributed by atoms with Gasteiger partial charge in [0.25, 0.3) is 0 Å². The number of piperazine rings is 1. The smallest absolute Gasteiger partial charge is 0.144 e. The van der Waals surface area contributed by atoms with Gasteiger partial charge in [0, 0.05) is 56.0 Å². The van der Waals surface area contributed by atoms with Crippen LogP contribution in [0.5, 0.6) is 0 Å². The highest BCUT2D eigenvalue weighted by atomic mass is 15.2. The summed E-state index contributed by atoms with van der Waals surface area (Å²) in [7, 11) is 0. The van der Waals surface area contributed by atoms with Gasteiger partial charge in [-0.05, 0) is 24.3 Å². The van der Waals surface area contributed by atoms with Gasteiger partial charge >= 0.3 is 0 Å². The maximum atomic E-state index is 4.56. The molecule has 3 aromatic rings. The fourth-order valence-corrected chi connectivity index (χ4v) is 2.82. The van der Waals surface area contributed by atoms with Crippen LogP contribution >= 0.6 is 0 Å². The molecule has 1 aliphatic heterocycles. The summed E-state index contributed by atoms with van der Waals surface area (Å²) in [6.07, 6.45) is 7.63. The molecule has 5 heteroatoms. The molecule has 0 radical (unpaired) electrons. The van der Waals surface area contributed by atoms with E-state index in [4.69, 9.17) is 0 Å². The number of nitrogens with zero attached hydrogens (tertiary/aromatic N) is 4. The maximum Gasteiger partial charge on any atom is 0.144 e. The van der Waals surface area contributed by atoms with Gasteiger partial charge in [-0.2, -0.15) is 0 Å². The summed E-state index contributed by atoms with van der Waals surface area (Å²) in [5.41, 5.74) is 3.47. The second-order valence-electron chi connectivity index (χ2n) is 5.23. The number of rotatable bonds is 2. The number of pyridine rings is 2. The molecule has 5 nitrogen and oxygen atoms in total. The van der Waals surface area contributed by atoms with Crippen LogP contribution < -0.4 is 10.2 Å². The fraction of sp³-hybridized carbons (Fsp3) is 0.250. The normalized spacial score (nSPS) is 15.5. The number of hydrogen-bond donors (Lipinski definition) is 1. The highest BCUT2D eigenvalue weighted by Crippen LogP contribution is 2.23. The summed E-state index contributed by atoms with van der Waals surface area (Å²) in [5, 5.41) is 3.38. The second-order valence-corrected chi connectivity index (χ2v) is 5.23. The summed E-state index contributed by atoms with van der Waals surface area (Å²) in [6.45, 7) is 4.21. The van der Waals surface area contributed by atoms with Crippen molar-refractivity contribution >= 4 is 11.2 Å². The molecular formula is C16H17N5. The molecule has 1 saturated heterocycles. The van der Waals surface area contributed by atoms with E-state index in [0.717, 1.165) is 43.1 Å². The predicted molar refractivity (Wildman–Crippen MR) is 83.5 cm³/mol. The van der Waals surface area contributed by atoms with E-state index in [1.54, 1.807) is 12.4 Å². The van der Waals surface area contributed by atoms with Crippen LogP contribution in [-0.2, 0) is 0 Å². The van der Waals surface area contributed by atoms with Crippen molar-refractivity contribution in [1.82, 2.24) is 19.7 Å². The summed E-state index contributed by atoms with van der Waals surface area (Å²) in [4.78, 5) is 11.0. The number of aromatic nitrogens is 3. The molecule has 0 saturated carbocycles. The molecule has 106 valence electrons. The van der Waals surface area contributed by atoms with E-state index in [2.05, 4.69) is 42.9 Å². The predicted octanol–water partition coefficient (Wildman–Crippen LogP) is 1.81. The van der Waals surface area contributed by atoms with Gasteiger partial charge in [0.15, 0.2) is 0 Å². The van der Waals surface area contributed by atoms with Crippen molar-refractivity contribution in [3.05, 3.63) is 49.1 Å². The van der Waals surface area contributed by atoms with E-state index in [9.17, 15) is 0 Å². The molecule has 0 amide bonds. The lowest BCUT2D eigenvalue weighted by atomic mass is 10.2. The molecule has 0 unspecified atom stereocenters. The van der Waals surface area contributed by atoms with Crippen LogP contribution in [0.15, 0.2) is 49.1 Å². The molecule has 1 aliphatic rings. The Balaban J connectivity index is 1.74. The molecule has 4 heterocycles. The zero-order chi connectivity index (χ0) is 14.1. The van der Waals surface area contributed by atoms with Crippen molar-refractivity contribution in [2.45, 2.75) is 0 Å². The minimum absolute atomic E-state index is 0.958. The largest absolute Gasteiger partial charge is 0.369 e. The van der Waals surface area contributed by atoms with E-state index in [1.165, 1.54) is 5.69 Å².